The second kappa shape index (κ2) is 11.6. The van der Waals surface area contributed by atoms with Crippen LogP contribution >= 0.6 is 11.8 Å². The van der Waals surface area contributed by atoms with Crippen LogP contribution in [0.5, 0.6) is 0 Å². The molecule has 11 heteroatoms. The first kappa shape index (κ1) is 26.6. The fourth-order valence-electron chi connectivity index (χ4n) is 3.82. The van der Waals surface area contributed by atoms with Crippen LogP contribution in [0.4, 0.5) is 0 Å². The maximum atomic E-state index is 11.8. The third-order valence-corrected chi connectivity index (χ3v) is 5.94. The van der Waals surface area contributed by atoms with E-state index < -0.39 is 5.97 Å². The van der Waals surface area contributed by atoms with E-state index in [-0.39, 0.29) is 67.5 Å². The number of para-hydroxylation sites is 1. The maximum absolute atomic E-state index is 11.8. The van der Waals surface area contributed by atoms with Crippen molar-refractivity contribution >= 4 is 28.8 Å². The van der Waals surface area contributed by atoms with Crippen LogP contribution in [0.1, 0.15) is 18.8 Å². The Hall–Kier alpha value is -1.98. The number of imidazole rings is 1. The smallest absolute Gasteiger partial charge is 1.00 e. The minimum atomic E-state index is -0.960. The van der Waals surface area contributed by atoms with Gasteiger partial charge in [-0.1, -0.05) is 66.4 Å². The monoisotopic (exact) mass is 490 g/mol. The van der Waals surface area contributed by atoms with Gasteiger partial charge in [-0.2, -0.15) is 5.21 Å². The second-order valence-electron chi connectivity index (χ2n) is 7.14. The number of nitrogens with zero attached hydrogens (tertiary/aromatic N) is 5. The van der Waals surface area contributed by atoms with Crippen molar-refractivity contribution in [3.05, 3.63) is 77.9 Å². The number of aromatic amines is 1. The Morgan fingerprint density at radius 3 is 2.41 bits per heavy atom. The summed E-state index contributed by atoms with van der Waals surface area (Å²) < 4.78 is 1.96. The van der Waals surface area contributed by atoms with Crippen molar-refractivity contribution in [3.63, 3.8) is 0 Å². The number of nitrogens with one attached hydrogen (secondary N) is 1. The fourth-order valence-corrected chi connectivity index (χ4v) is 4.38. The Bertz CT molecular complexity index is 1430. The van der Waals surface area contributed by atoms with Gasteiger partial charge in [-0.25, -0.2) is 9.78 Å². The van der Waals surface area contributed by atoms with Gasteiger partial charge in [0.25, 0.3) is 0 Å². The van der Waals surface area contributed by atoms with E-state index in [2.05, 4.69) is 25.6 Å². The van der Waals surface area contributed by atoms with Crippen molar-refractivity contribution < 1.29 is 71.9 Å². The summed E-state index contributed by atoms with van der Waals surface area (Å²) >= 11 is 1.50. The zero-order valence-electron chi connectivity index (χ0n) is 21.1. The van der Waals surface area contributed by atoms with Crippen LogP contribution in [0.15, 0.2) is 71.9 Å². The molecular formula is C23H20N6Na2O2S. The van der Waals surface area contributed by atoms with Gasteiger partial charge in [0.2, 0.25) is 5.82 Å². The van der Waals surface area contributed by atoms with Gasteiger partial charge in [-0.15, -0.1) is 10.2 Å². The molecule has 5 aromatic rings. The molecule has 162 valence electrons. The van der Waals surface area contributed by atoms with E-state index in [1.165, 1.54) is 11.8 Å². The zero-order valence-corrected chi connectivity index (χ0v) is 23.9. The Balaban J connectivity index is 0.00000162. The summed E-state index contributed by atoms with van der Waals surface area (Å²) in [5.41, 5.74) is 5.54. The van der Waals surface area contributed by atoms with Crippen LogP contribution in [0.3, 0.4) is 0 Å². The second-order valence-corrected chi connectivity index (χ2v) is 7.91. The minimum absolute atomic E-state index is 0. The summed E-state index contributed by atoms with van der Waals surface area (Å²) in [5.74, 6) is -0.418. The number of carboxylic acid groups (broad SMARTS) is 1. The van der Waals surface area contributed by atoms with E-state index in [9.17, 15) is 9.90 Å². The van der Waals surface area contributed by atoms with E-state index >= 15 is 0 Å². The van der Waals surface area contributed by atoms with E-state index in [4.69, 9.17) is 0 Å². The average Bonchev–Trinajstić information content (AvgIpc) is 3.48. The van der Waals surface area contributed by atoms with Gasteiger partial charge in [0.05, 0.1) is 23.1 Å². The number of fused-ring (bicyclic) bond motifs is 1. The number of aromatic nitrogens is 6. The van der Waals surface area contributed by atoms with Gasteiger partial charge in [0.1, 0.15) is 0 Å². The third kappa shape index (κ3) is 5.16. The zero-order chi connectivity index (χ0) is 22.1. The molecule has 2 aromatic heterocycles. The van der Waals surface area contributed by atoms with Gasteiger partial charge in [-0.05, 0) is 40.3 Å². The van der Waals surface area contributed by atoms with Crippen molar-refractivity contribution in [2.24, 2.45) is 0 Å². The molecule has 0 aliphatic heterocycles. The quantitative estimate of drug-likeness (QED) is 0.222. The molecule has 2 N–H and O–H groups in total. The molecule has 0 saturated heterocycles. The van der Waals surface area contributed by atoms with Crippen molar-refractivity contribution in [2.45, 2.75) is 11.7 Å². The molecule has 0 bridgehead atoms. The number of rotatable bonds is 6. The number of benzene rings is 3. The number of thioether (sulfide) groups is 1. The Morgan fingerprint density at radius 2 is 1.76 bits per heavy atom. The van der Waals surface area contributed by atoms with Gasteiger partial charge in [0.15, 0.2) is 5.16 Å². The third-order valence-electron chi connectivity index (χ3n) is 5.26. The number of H-pyrrole nitrogens is 1. The molecule has 0 amide bonds. The number of hydrogen-bond acceptors (Lipinski definition) is 6. The molecule has 0 radical (unpaired) electrons. The van der Waals surface area contributed by atoms with Crippen LogP contribution in [-0.4, -0.2) is 47.5 Å². The Labute approximate surface area is 247 Å². The first-order valence-electron chi connectivity index (χ1n) is 9.84. The van der Waals surface area contributed by atoms with Gasteiger partial charge >= 0.3 is 65.1 Å². The largest absolute Gasteiger partial charge is 1.00 e. The summed E-state index contributed by atoms with van der Waals surface area (Å²) in [6.07, 6.45) is 1.94. The molecule has 0 unspecified atom stereocenters. The molecule has 0 aliphatic carbocycles. The predicted molar refractivity (Wildman–Crippen MR) is 125 cm³/mol. The van der Waals surface area contributed by atoms with Crippen LogP contribution in [-0.2, 0) is 6.54 Å². The average molecular weight is 491 g/mol. The Kier molecular flexibility index (Phi) is 9.11. The van der Waals surface area contributed by atoms with Crippen molar-refractivity contribution in [1.82, 2.24) is 30.2 Å². The summed E-state index contributed by atoms with van der Waals surface area (Å²) in [4.78, 5) is 16.4. The first-order chi connectivity index (χ1) is 15.7. The van der Waals surface area contributed by atoms with E-state index in [1.807, 2.05) is 65.4 Å². The molecule has 3 aromatic carbocycles. The predicted octanol–water partition coefficient (Wildman–Crippen LogP) is -1.42. The van der Waals surface area contributed by atoms with E-state index in [1.54, 1.807) is 12.1 Å². The van der Waals surface area contributed by atoms with E-state index in [0.717, 1.165) is 27.4 Å². The fraction of sp³-hybridized carbons (Fsp3) is 0.0870. The molecule has 0 saturated carbocycles. The maximum Gasteiger partial charge on any atom is 1.00 e. The van der Waals surface area contributed by atoms with E-state index in [0.29, 0.717) is 23.4 Å². The van der Waals surface area contributed by atoms with Gasteiger partial charge in [0, 0.05) is 5.56 Å². The number of aromatic carboxylic acids is 1. The number of tetrazole rings is 1. The molecule has 34 heavy (non-hydrogen) atoms. The molecule has 0 atom stereocenters. The minimum Gasteiger partial charge on any atom is -1.00 e. The number of carbonyl (C=O) groups is 1. The molecule has 5 rings (SSSR count). The normalized spacial score (nSPS) is 10.5. The molecule has 0 aliphatic rings. The van der Waals surface area contributed by atoms with Crippen molar-refractivity contribution in [2.75, 3.05) is 6.26 Å². The van der Waals surface area contributed by atoms with Gasteiger partial charge < -0.3 is 12.5 Å². The molecule has 0 spiro atoms. The van der Waals surface area contributed by atoms with Crippen LogP contribution in [0, 0.1) is 0 Å². The Morgan fingerprint density at radius 1 is 1.03 bits per heavy atom. The molecule has 2 heterocycles. The molecule has 8 nitrogen and oxygen atoms in total. The topological polar surface area (TPSA) is 110 Å². The standard InChI is InChI=1S/C23H18N6O2S.2Na.2H/c1-32-23-24-19-8-4-7-18(22(30)31)20(19)29(23)13-14-9-11-15(12-10-14)16-5-2-3-6-17(16)21-25-27-28-26-21;;;;/h2-12H,13H2,1H3,(H,30,31)(H,25,26,27,28);;;;/q;2*+1;2*-1. The summed E-state index contributed by atoms with van der Waals surface area (Å²) in [6, 6.07) is 21.3. The molecule has 0 fully saturated rings. The molecular weight excluding hydrogens is 470 g/mol. The van der Waals surface area contributed by atoms with Gasteiger partial charge in [-0.3, -0.25) is 0 Å². The SMILES string of the molecule is CSc1nc2cccc(C(=O)O)c2n1Cc1ccc(-c2ccccc2-c2nn[nH]n2)cc1.[H-].[H-].[Na+].[Na+]. The van der Waals surface area contributed by atoms with Crippen LogP contribution < -0.4 is 59.1 Å². The number of carboxylic acids is 1. The van der Waals surface area contributed by atoms with Crippen LogP contribution in [0.2, 0.25) is 0 Å². The summed E-state index contributed by atoms with van der Waals surface area (Å²) in [5, 5.41) is 24.8. The first-order valence-corrected chi connectivity index (χ1v) is 11.1. The van der Waals surface area contributed by atoms with Crippen molar-refractivity contribution in [1.29, 1.82) is 0 Å². The summed E-state index contributed by atoms with van der Waals surface area (Å²) in [6.45, 7) is 0.518. The summed E-state index contributed by atoms with van der Waals surface area (Å²) in [7, 11) is 0. The number of hydrogen-bond donors (Lipinski definition) is 2. The van der Waals surface area contributed by atoms with Crippen LogP contribution in [0.25, 0.3) is 33.5 Å². The van der Waals surface area contributed by atoms with Crippen molar-refractivity contribution in [3.8, 4) is 22.5 Å².